The molecule has 4 saturated carbocycles. The van der Waals surface area contributed by atoms with Crippen LogP contribution in [0.5, 0.6) is 0 Å². The molecule has 0 heterocycles. The highest BCUT2D eigenvalue weighted by Gasteiger charge is 2.59. The molecule has 0 aromatic heterocycles. The maximum atomic E-state index is 13.9. The van der Waals surface area contributed by atoms with Crippen molar-refractivity contribution in [3.63, 3.8) is 0 Å². The first-order valence-corrected chi connectivity index (χ1v) is 19.3. The predicted octanol–water partition coefficient (Wildman–Crippen LogP) is 9.85. The molecule has 11 unspecified atom stereocenters. The summed E-state index contributed by atoms with van der Waals surface area (Å²) in [5.74, 6) is 0.849. The van der Waals surface area contributed by atoms with E-state index in [4.69, 9.17) is 9.47 Å². The normalized spacial score (nSPS) is 45.8. The lowest BCUT2D eigenvalue weighted by Gasteiger charge is -2.59. The van der Waals surface area contributed by atoms with Gasteiger partial charge in [0.25, 0.3) is 0 Å². The summed E-state index contributed by atoms with van der Waals surface area (Å²) in [5.41, 5.74) is 2.43. The highest BCUT2D eigenvalue weighted by molar-refractivity contribution is 5.77. The minimum atomic E-state index is -1.08. The van der Waals surface area contributed by atoms with Gasteiger partial charge in [0.05, 0.1) is 17.9 Å². The third-order valence-corrected chi connectivity index (χ3v) is 15.4. The second kappa shape index (κ2) is 12.6. The molecule has 5 nitrogen and oxygen atoms in total. The molecule has 6 aliphatic rings. The first kappa shape index (κ1) is 35.7. The van der Waals surface area contributed by atoms with Crippen LogP contribution in [0, 0.1) is 50.7 Å². The fraction of sp³-hybridized carbons (Fsp3) is 0.767. The van der Waals surface area contributed by atoms with Crippen molar-refractivity contribution in [2.75, 3.05) is 6.61 Å². The van der Waals surface area contributed by atoms with Gasteiger partial charge < -0.3 is 14.6 Å². The summed E-state index contributed by atoms with van der Waals surface area (Å²) >= 11 is 0. The van der Waals surface area contributed by atoms with E-state index in [-0.39, 0.29) is 52.5 Å². The lowest BCUT2D eigenvalue weighted by molar-refractivity contribution is -0.187. The van der Waals surface area contributed by atoms with Crippen LogP contribution >= 0.6 is 0 Å². The molecular weight excluding hydrogens is 596 g/mol. The zero-order valence-corrected chi connectivity index (χ0v) is 31.0. The van der Waals surface area contributed by atoms with E-state index < -0.39 is 23.1 Å². The number of aliphatic hydroxyl groups excluding tert-OH is 1. The van der Waals surface area contributed by atoms with Gasteiger partial charge in [-0.15, -0.1) is 13.2 Å². The lowest BCUT2D eigenvalue weighted by atomic mass is 9.45. The van der Waals surface area contributed by atoms with Gasteiger partial charge in [-0.2, -0.15) is 0 Å². The molecule has 6 rings (SSSR count). The fourth-order valence-electron chi connectivity index (χ4n) is 12.4. The largest absolute Gasteiger partial charge is 0.462 e. The minimum Gasteiger partial charge on any atom is -0.462 e. The summed E-state index contributed by atoms with van der Waals surface area (Å²) in [6.07, 6.45) is 22.4. The minimum absolute atomic E-state index is 0.0585. The SMILES string of the molecule is C=CC1(C)CCC2C(=CCC3C(C)(OC(=O)CC(O)COC(=O)C4(C)CCCC5(C)C6CCC(C)(C=C)CC6=CCC45)CCCC23C)C1. The van der Waals surface area contributed by atoms with Crippen LogP contribution in [0.25, 0.3) is 0 Å². The Bertz CT molecular complexity index is 1380. The number of ether oxygens (including phenoxy) is 2. The van der Waals surface area contributed by atoms with Crippen molar-refractivity contribution >= 4 is 11.9 Å². The first-order chi connectivity index (χ1) is 22.5. The Morgan fingerprint density at radius 1 is 0.812 bits per heavy atom. The summed E-state index contributed by atoms with van der Waals surface area (Å²) in [5, 5.41) is 11.0. The van der Waals surface area contributed by atoms with Crippen molar-refractivity contribution in [3.05, 3.63) is 48.6 Å². The molecule has 266 valence electrons. The van der Waals surface area contributed by atoms with E-state index in [1.165, 1.54) is 0 Å². The number of fused-ring (bicyclic) bond motifs is 6. The molecule has 11 atom stereocenters. The van der Waals surface area contributed by atoms with Crippen LogP contribution in [0.4, 0.5) is 0 Å². The molecule has 0 spiro atoms. The topological polar surface area (TPSA) is 72.8 Å². The summed E-state index contributed by atoms with van der Waals surface area (Å²) in [6, 6.07) is 0. The maximum Gasteiger partial charge on any atom is 0.312 e. The van der Waals surface area contributed by atoms with Gasteiger partial charge in [0.1, 0.15) is 12.2 Å². The number of hydrogen-bond acceptors (Lipinski definition) is 5. The van der Waals surface area contributed by atoms with Gasteiger partial charge in [-0.25, -0.2) is 0 Å². The molecule has 5 heteroatoms. The number of hydrogen-bond donors (Lipinski definition) is 1. The van der Waals surface area contributed by atoms with Gasteiger partial charge in [0.2, 0.25) is 0 Å². The Hall–Kier alpha value is -2.14. The Labute approximate surface area is 291 Å². The standard InChI is InChI=1S/C43H64O5/c1-9-38(3)23-17-32-29(26-38)13-15-34-40(32,5)19-11-21-42(34,7)37(46)47-28-31(44)25-36(45)48-43(8)22-12-20-41(6)33-18-24-39(4,10-2)27-30(33)14-16-35(41)43/h9-10,13-14,31-35,44H,1-2,11-12,15-28H2,3-8H3. The summed E-state index contributed by atoms with van der Waals surface area (Å²) in [4.78, 5) is 27.2. The average Bonchev–Trinajstić information content (AvgIpc) is 3.02. The third kappa shape index (κ3) is 6.00. The fourth-order valence-corrected chi connectivity index (χ4v) is 12.4. The van der Waals surface area contributed by atoms with Crippen LogP contribution in [-0.2, 0) is 19.1 Å². The van der Waals surface area contributed by atoms with E-state index in [1.807, 2.05) is 0 Å². The monoisotopic (exact) mass is 660 g/mol. The number of allylic oxidation sites excluding steroid dienone is 6. The Balaban J connectivity index is 1.06. The van der Waals surface area contributed by atoms with Crippen molar-refractivity contribution in [3.8, 4) is 0 Å². The van der Waals surface area contributed by atoms with Crippen molar-refractivity contribution in [2.24, 2.45) is 50.7 Å². The summed E-state index contributed by atoms with van der Waals surface area (Å²) in [6.45, 7) is 21.7. The molecule has 0 aliphatic heterocycles. The van der Waals surface area contributed by atoms with Gasteiger partial charge >= 0.3 is 11.9 Å². The van der Waals surface area contributed by atoms with E-state index in [9.17, 15) is 14.7 Å². The number of aliphatic hydroxyl groups is 1. The number of carbonyl (C=O) groups is 2. The second-order valence-corrected chi connectivity index (χ2v) is 18.8. The molecule has 0 bridgehead atoms. The van der Waals surface area contributed by atoms with Crippen molar-refractivity contribution in [2.45, 2.75) is 150 Å². The molecule has 0 saturated heterocycles. The molecule has 0 aromatic rings. The molecule has 0 aromatic carbocycles. The van der Waals surface area contributed by atoms with Crippen molar-refractivity contribution in [1.82, 2.24) is 0 Å². The van der Waals surface area contributed by atoms with Crippen molar-refractivity contribution in [1.29, 1.82) is 0 Å². The number of rotatable bonds is 8. The zero-order valence-electron chi connectivity index (χ0n) is 31.0. The maximum absolute atomic E-state index is 13.9. The van der Waals surface area contributed by atoms with Crippen LogP contribution < -0.4 is 0 Å². The Morgan fingerprint density at radius 2 is 1.33 bits per heavy atom. The van der Waals surface area contributed by atoms with Crippen LogP contribution in [0.2, 0.25) is 0 Å². The second-order valence-electron chi connectivity index (χ2n) is 18.8. The first-order valence-electron chi connectivity index (χ1n) is 19.3. The molecule has 1 N–H and O–H groups in total. The van der Waals surface area contributed by atoms with Gasteiger partial charge in [-0.1, -0.05) is 69.6 Å². The molecular formula is C43H64O5. The Morgan fingerprint density at radius 3 is 1.90 bits per heavy atom. The molecule has 6 aliphatic carbocycles. The molecule has 4 fully saturated rings. The van der Waals surface area contributed by atoms with E-state index in [0.717, 1.165) is 89.9 Å². The van der Waals surface area contributed by atoms with E-state index in [1.54, 1.807) is 11.1 Å². The van der Waals surface area contributed by atoms with Gasteiger partial charge in [0.15, 0.2) is 0 Å². The number of carbonyl (C=O) groups excluding carboxylic acids is 2. The van der Waals surface area contributed by atoms with Gasteiger partial charge in [0, 0.05) is 5.92 Å². The lowest BCUT2D eigenvalue weighted by Crippen LogP contribution is -2.56. The van der Waals surface area contributed by atoms with Crippen LogP contribution in [-0.4, -0.2) is 35.4 Å². The smallest absolute Gasteiger partial charge is 0.312 e. The average molecular weight is 661 g/mol. The molecule has 0 radical (unpaired) electrons. The zero-order chi connectivity index (χ0) is 34.8. The highest BCUT2D eigenvalue weighted by Crippen LogP contribution is 2.65. The molecule has 0 amide bonds. The number of esters is 2. The van der Waals surface area contributed by atoms with E-state index in [2.05, 4.69) is 79.0 Å². The van der Waals surface area contributed by atoms with Crippen molar-refractivity contribution < 1.29 is 24.2 Å². The molecule has 48 heavy (non-hydrogen) atoms. The predicted molar refractivity (Wildman–Crippen MR) is 192 cm³/mol. The van der Waals surface area contributed by atoms with Gasteiger partial charge in [-0.3, -0.25) is 9.59 Å². The third-order valence-electron chi connectivity index (χ3n) is 15.4. The quantitative estimate of drug-likeness (QED) is 0.207. The van der Waals surface area contributed by atoms with Crippen LogP contribution in [0.3, 0.4) is 0 Å². The van der Waals surface area contributed by atoms with Gasteiger partial charge in [-0.05, 0) is 137 Å². The summed E-state index contributed by atoms with van der Waals surface area (Å²) < 4.78 is 12.2. The van der Waals surface area contributed by atoms with E-state index >= 15 is 0 Å². The van der Waals surface area contributed by atoms with E-state index in [0.29, 0.717) is 11.8 Å². The summed E-state index contributed by atoms with van der Waals surface area (Å²) in [7, 11) is 0. The Kier molecular flexibility index (Phi) is 9.34. The van der Waals surface area contributed by atoms with Crippen LogP contribution in [0.15, 0.2) is 48.6 Å². The van der Waals surface area contributed by atoms with Crippen LogP contribution in [0.1, 0.15) is 138 Å². The highest BCUT2D eigenvalue weighted by atomic mass is 16.6.